The Hall–Kier alpha value is -0.830. The zero-order valence-electron chi connectivity index (χ0n) is 11.6. The maximum atomic E-state index is 11.6. The number of carboxylic acid groups (broad SMARTS) is 1. The van der Waals surface area contributed by atoms with Crippen molar-refractivity contribution < 1.29 is 9.90 Å². The van der Waals surface area contributed by atoms with Crippen molar-refractivity contribution in [3.05, 3.63) is 12.2 Å². The molecule has 3 nitrogen and oxygen atoms in total. The Labute approximate surface area is 115 Å². The Morgan fingerprint density at radius 2 is 1.89 bits per heavy atom. The minimum Gasteiger partial charge on any atom is -0.480 e. The van der Waals surface area contributed by atoms with Gasteiger partial charge in [0.1, 0.15) is 6.04 Å². The fourth-order valence-electron chi connectivity index (χ4n) is 4.44. The van der Waals surface area contributed by atoms with Crippen LogP contribution in [-0.4, -0.2) is 34.1 Å². The van der Waals surface area contributed by atoms with Crippen LogP contribution < -0.4 is 0 Å². The summed E-state index contributed by atoms with van der Waals surface area (Å²) in [6, 6.07) is 0.657. The third-order valence-corrected chi connectivity index (χ3v) is 5.32. The molecular weight excluding hydrogens is 238 g/mol. The molecule has 3 rings (SSSR count). The van der Waals surface area contributed by atoms with Crippen molar-refractivity contribution in [1.82, 2.24) is 4.90 Å². The summed E-state index contributed by atoms with van der Waals surface area (Å²) in [6.07, 6.45) is 15.1. The molecular formula is C16H25NO2. The van der Waals surface area contributed by atoms with Crippen molar-refractivity contribution in [3.8, 4) is 0 Å². The predicted molar refractivity (Wildman–Crippen MR) is 75.0 cm³/mol. The Morgan fingerprint density at radius 1 is 1.05 bits per heavy atom. The summed E-state index contributed by atoms with van der Waals surface area (Å²) < 4.78 is 0. The van der Waals surface area contributed by atoms with E-state index in [2.05, 4.69) is 17.1 Å². The number of hydrogen-bond donors (Lipinski definition) is 1. The van der Waals surface area contributed by atoms with E-state index >= 15 is 0 Å². The van der Waals surface area contributed by atoms with E-state index < -0.39 is 5.97 Å². The molecule has 106 valence electrons. The van der Waals surface area contributed by atoms with Crippen molar-refractivity contribution in [3.63, 3.8) is 0 Å². The Morgan fingerprint density at radius 3 is 2.63 bits per heavy atom. The average molecular weight is 263 g/mol. The van der Waals surface area contributed by atoms with E-state index in [4.69, 9.17) is 0 Å². The molecule has 0 aromatic carbocycles. The van der Waals surface area contributed by atoms with E-state index in [1.165, 1.54) is 32.1 Å². The van der Waals surface area contributed by atoms with Crippen LogP contribution in [0.15, 0.2) is 12.2 Å². The smallest absolute Gasteiger partial charge is 0.320 e. The quantitative estimate of drug-likeness (QED) is 0.778. The van der Waals surface area contributed by atoms with Gasteiger partial charge < -0.3 is 5.11 Å². The highest BCUT2D eigenvalue weighted by Gasteiger charge is 2.43. The average Bonchev–Trinajstić information content (AvgIpc) is 2.46. The highest BCUT2D eigenvalue weighted by atomic mass is 16.4. The first-order valence-corrected chi connectivity index (χ1v) is 7.94. The number of carboxylic acids is 1. The van der Waals surface area contributed by atoms with Crippen LogP contribution in [0.4, 0.5) is 0 Å². The third-order valence-electron chi connectivity index (χ3n) is 5.32. The van der Waals surface area contributed by atoms with Gasteiger partial charge >= 0.3 is 5.97 Å². The molecule has 1 saturated heterocycles. The first-order valence-electron chi connectivity index (χ1n) is 7.94. The molecule has 2 aliphatic carbocycles. The fraction of sp³-hybridized carbons (Fsp3) is 0.812. The minimum absolute atomic E-state index is 0.243. The SMILES string of the molecule is O=C(O)C1CCC2CCCCC2N1C1C=CCCC1. The third kappa shape index (κ3) is 2.58. The lowest BCUT2D eigenvalue weighted by molar-refractivity contribution is -0.149. The van der Waals surface area contributed by atoms with Crippen molar-refractivity contribution in [2.24, 2.45) is 5.92 Å². The van der Waals surface area contributed by atoms with E-state index in [0.29, 0.717) is 12.1 Å². The molecule has 1 aliphatic heterocycles. The van der Waals surface area contributed by atoms with Crippen LogP contribution in [0.5, 0.6) is 0 Å². The molecule has 1 saturated carbocycles. The van der Waals surface area contributed by atoms with E-state index in [9.17, 15) is 9.90 Å². The number of fused-ring (bicyclic) bond motifs is 1. The van der Waals surface area contributed by atoms with Crippen molar-refractivity contribution >= 4 is 5.97 Å². The molecule has 19 heavy (non-hydrogen) atoms. The number of likely N-dealkylation sites (tertiary alicyclic amines) is 1. The number of hydrogen-bond acceptors (Lipinski definition) is 2. The van der Waals surface area contributed by atoms with Gasteiger partial charge in [0.25, 0.3) is 0 Å². The topological polar surface area (TPSA) is 40.5 Å². The summed E-state index contributed by atoms with van der Waals surface area (Å²) in [5.41, 5.74) is 0. The highest BCUT2D eigenvalue weighted by Crippen LogP contribution is 2.40. The first kappa shape index (κ1) is 13.2. The number of piperidine rings is 1. The van der Waals surface area contributed by atoms with Crippen LogP contribution in [-0.2, 0) is 4.79 Å². The normalized spacial score (nSPS) is 39.8. The molecule has 0 aromatic heterocycles. The molecule has 0 amide bonds. The first-order chi connectivity index (χ1) is 9.27. The van der Waals surface area contributed by atoms with Gasteiger partial charge in [-0.05, 0) is 50.9 Å². The summed E-state index contributed by atoms with van der Waals surface area (Å²) in [7, 11) is 0. The van der Waals surface area contributed by atoms with E-state index in [1.807, 2.05) is 0 Å². The fourth-order valence-corrected chi connectivity index (χ4v) is 4.44. The lowest BCUT2D eigenvalue weighted by Gasteiger charge is -2.50. The van der Waals surface area contributed by atoms with E-state index in [-0.39, 0.29) is 6.04 Å². The van der Waals surface area contributed by atoms with Crippen LogP contribution in [0, 0.1) is 5.92 Å². The maximum absolute atomic E-state index is 11.6. The van der Waals surface area contributed by atoms with Gasteiger partial charge in [0.15, 0.2) is 0 Å². The van der Waals surface area contributed by atoms with Crippen molar-refractivity contribution in [1.29, 1.82) is 0 Å². The van der Waals surface area contributed by atoms with E-state index in [1.54, 1.807) is 0 Å². The summed E-state index contributed by atoms with van der Waals surface area (Å²) >= 11 is 0. The molecule has 1 N–H and O–H groups in total. The number of aliphatic carboxylic acids is 1. The van der Waals surface area contributed by atoms with Crippen LogP contribution >= 0.6 is 0 Å². The Kier molecular flexibility index (Phi) is 3.92. The summed E-state index contributed by atoms with van der Waals surface area (Å²) in [5, 5.41) is 9.56. The molecule has 0 aromatic rings. The van der Waals surface area contributed by atoms with Crippen LogP contribution in [0.2, 0.25) is 0 Å². The molecule has 3 aliphatic rings. The van der Waals surface area contributed by atoms with Crippen LogP contribution in [0.1, 0.15) is 57.8 Å². The molecule has 4 unspecified atom stereocenters. The standard InChI is InChI=1S/C16H25NO2/c18-16(19)15-11-10-12-6-4-5-9-14(12)17(15)13-7-2-1-3-8-13/h2,7,12-15H,1,3-6,8-11H2,(H,18,19). The monoisotopic (exact) mass is 263 g/mol. The predicted octanol–water partition coefficient (Wildman–Crippen LogP) is 3.20. The number of nitrogens with zero attached hydrogens (tertiary/aromatic N) is 1. The molecule has 0 bridgehead atoms. The minimum atomic E-state index is -0.608. The number of allylic oxidation sites excluding steroid dienone is 1. The molecule has 3 heteroatoms. The largest absolute Gasteiger partial charge is 0.480 e. The second-order valence-corrected chi connectivity index (χ2v) is 6.42. The van der Waals surface area contributed by atoms with Gasteiger partial charge in [0.2, 0.25) is 0 Å². The molecule has 4 atom stereocenters. The van der Waals surface area contributed by atoms with Gasteiger partial charge in [0.05, 0.1) is 0 Å². The maximum Gasteiger partial charge on any atom is 0.320 e. The Balaban J connectivity index is 1.85. The van der Waals surface area contributed by atoms with Crippen LogP contribution in [0.25, 0.3) is 0 Å². The zero-order chi connectivity index (χ0) is 13.2. The summed E-state index contributed by atoms with van der Waals surface area (Å²) in [6.45, 7) is 0. The number of rotatable bonds is 2. The van der Waals surface area contributed by atoms with Gasteiger partial charge in [-0.1, -0.05) is 25.0 Å². The summed E-state index contributed by atoms with van der Waals surface area (Å²) in [5.74, 6) is 0.141. The van der Waals surface area contributed by atoms with Crippen molar-refractivity contribution in [2.75, 3.05) is 0 Å². The molecule has 2 fully saturated rings. The molecule has 0 spiro atoms. The second kappa shape index (κ2) is 5.66. The highest BCUT2D eigenvalue weighted by molar-refractivity contribution is 5.73. The number of carbonyl (C=O) groups is 1. The lowest BCUT2D eigenvalue weighted by Crippen LogP contribution is -2.58. The van der Waals surface area contributed by atoms with Gasteiger partial charge in [-0.15, -0.1) is 0 Å². The van der Waals surface area contributed by atoms with Gasteiger partial charge in [-0.3, -0.25) is 9.69 Å². The Bertz CT molecular complexity index is 366. The zero-order valence-corrected chi connectivity index (χ0v) is 11.6. The van der Waals surface area contributed by atoms with Gasteiger partial charge in [-0.2, -0.15) is 0 Å². The van der Waals surface area contributed by atoms with E-state index in [0.717, 1.165) is 31.6 Å². The lowest BCUT2D eigenvalue weighted by atomic mass is 9.75. The van der Waals surface area contributed by atoms with Gasteiger partial charge in [0, 0.05) is 12.1 Å². The molecule has 1 heterocycles. The van der Waals surface area contributed by atoms with Crippen LogP contribution in [0.3, 0.4) is 0 Å². The molecule has 0 radical (unpaired) electrons. The van der Waals surface area contributed by atoms with Gasteiger partial charge in [-0.25, -0.2) is 0 Å². The van der Waals surface area contributed by atoms with Crippen molar-refractivity contribution in [2.45, 2.75) is 75.9 Å². The summed E-state index contributed by atoms with van der Waals surface area (Å²) in [4.78, 5) is 14.0. The second-order valence-electron chi connectivity index (χ2n) is 6.42.